The number of nitrogens with one attached hydrogen (secondary N) is 1. The molecule has 2 aromatic rings. The van der Waals surface area contributed by atoms with Crippen LogP contribution < -0.4 is 5.32 Å². The first-order valence-electron chi connectivity index (χ1n) is 9.35. The minimum Gasteiger partial charge on any atom is -0.507 e. The van der Waals surface area contributed by atoms with Crippen LogP contribution in [0.2, 0.25) is 0 Å². The van der Waals surface area contributed by atoms with Crippen molar-refractivity contribution in [3.8, 4) is 0 Å². The second-order valence-corrected chi connectivity index (χ2v) is 6.60. The van der Waals surface area contributed by atoms with E-state index < -0.39 is 17.7 Å². The lowest BCUT2D eigenvalue weighted by molar-refractivity contribution is -0.139. The summed E-state index contributed by atoms with van der Waals surface area (Å²) in [6.45, 7) is 1.51. The van der Waals surface area contributed by atoms with Gasteiger partial charge in [-0.1, -0.05) is 60.7 Å². The van der Waals surface area contributed by atoms with Gasteiger partial charge >= 0.3 is 0 Å². The number of hydrogen-bond donors (Lipinski definition) is 3. The molecule has 0 bridgehead atoms. The Balaban J connectivity index is 1.96. The van der Waals surface area contributed by atoms with Gasteiger partial charge in [-0.05, 0) is 18.5 Å². The summed E-state index contributed by atoms with van der Waals surface area (Å²) in [4.78, 5) is 27.0. The minimum atomic E-state index is -0.668. The highest BCUT2D eigenvalue weighted by molar-refractivity contribution is 6.46. The molecule has 0 aliphatic carbocycles. The third-order valence-electron chi connectivity index (χ3n) is 4.74. The first kappa shape index (κ1) is 19.8. The van der Waals surface area contributed by atoms with Crippen LogP contribution in [0, 0.1) is 0 Å². The quantitative estimate of drug-likeness (QED) is 0.282. The van der Waals surface area contributed by atoms with Crippen molar-refractivity contribution in [2.45, 2.75) is 12.5 Å². The van der Waals surface area contributed by atoms with E-state index in [-0.39, 0.29) is 17.9 Å². The molecule has 1 heterocycles. The average molecular weight is 380 g/mol. The molecular weight excluding hydrogens is 356 g/mol. The molecule has 0 radical (unpaired) electrons. The van der Waals surface area contributed by atoms with Crippen LogP contribution in [0.25, 0.3) is 5.76 Å². The number of aliphatic hydroxyl groups excluding tert-OH is 2. The summed E-state index contributed by atoms with van der Waals surface area (Å²) >= 11 is 0. The monoisotopic (exact) mass is 380 g/mol. The second kappa shape index (κ2) is 9.30. The minimum absolute atomic E-state index is 0.0472. The standard InChI is InChI=1S/C22H24N2O4/c25-15-13-23-12-7-14-24-19(16-8-3-1-4-9-16)18(21(27)22(24)28)20(26)17-10-5-2-6-11-17/h1-6,8-11,19,23,25-26H,7,12-15H2/t19-/m1/s1. The summed E-state index contributed by atoms with van der Waals surface area (Å²) in [5, 5.41) is 22.7. The lowest BCUT2D eigenvalue weighted by Crippen LogP contribution is -2.32. The van der Waals surface area contributed by atoms with Crippen LogP contribution in [0.3, 0.4) is 0 Å². The van der Waals surface area contributed by atoms with E-state index in [0.29, 0.717) is 31.6 Å². The Labute approximate surface area is 164 Å². The topological polar surface area (TPSA) is 89.9 Å². The van der Waals surface area contributed by atoms with Crippen molar-refractivity contribution in [2.75, 3.05) is 26.2 Å². The Morgan fingerprint density at radius 1 is 0.964 bits per heavy atom. The second-order valence-electron chi connectivity index (χ2n) is 6.60. The Hall–Kier alpha value is -2.96. The molecule has 146 valence electrons. The highest BCUT2D eigenvalue weighted by Gasteiger charge is 2.45. The lowest BCUT2D eigenvalue weighted by Gasteiger charge is -2.25. The van der Waals surface area contributed by atoms with Gasteiger partial charge in [-0.2, -0.15) is 0 Å². The molecule has 1 fully saturated rings. The summed E-state index contributed by atoms with van der Waals surface area (Å²) in [6.07, 6.45) is 0.627. The molecule has 1 saturated heterocycles. The summed E-state index contributed by atoms with van der Waals surface area (Å²) < 4.78 is 0. The number of ketones is 1. The Kier molecular flexibility index (Phi) is 6.57. The number of carbonyl (C=O) groups is 2. The zero-order valence-electron chi connectivity index (χ0n) is 15.5. The van der Waals surface area contributed by atoms with Gasteiger partial charge in [0.25, 0.3) is 11.7 Å². The maximum absolute atomic E-state index is 12.8. The first-order valence-corrected chi connectivity index (χ1v) is 9.35. The number of hydrogen-bond acceptors (Lipinski definition) is 5. The van der Waals surface area contributed by atoms with Crippen LogP contribution in [0.4, 0.5) is 0 Å². The molecule has 0 unspecified atom stereocenters. The molecule has 0 aromatic heterocycles. The van der Waals surface area contributed by atoms with Crippen LogP contribution in [0.1, 0.15) is 23.6 Å². The highest BCUT2D eigenvalue weighted by atomic mass is 16.3. The molecule has 2 aromatic carbocycles. The molecule has 6 heteroatoms. The molecular formula is C22H24N2O4. The van der Waals surface area contributed by atoms with E-state index in [4.69, 9.17) is 5.11 Å². The SMILES string of the molecule is O=C1C(=O)N(CCCNCCO)[C@H](c2ccccc2)C1=C(O)c1ccccc1. The molecule has 1 aliphatic rings. The largest absolute Gasteiger partial charge is 0.507 e. The van der Waals surface area contributed by atoms with Gasteiger partial charge in [0.15, 0.2) is 0 Å². The normalized spacial score (nSPS) is 18.6. The molecule has 1 atom stereocenters. The van der Waals surface area contributed by atoms with Crippen molar-refractivity contribution in [3.05, 3.63) is 77.4 Å². The predicted molar refractivity (Wildman–Crippen MR) is 106 cm³/mol. The van der Waals surface area contributed by atoms with E-state index in [2.05, 4.69) is 5.32 Å². The van der Waals surface area contributed by atoms with Gasteiger partial charge in [0, 0.05) is 18.7 Å². The van der Waals surface area contributed by atoms with Crippen LogP contribution in [0.15, 0.2) is 66.2 Å². The highest BCUT2D eigenvalue weighted by Crippen LogP contribution is 2.39. The number of benzene rings is 2. The Morgan fingerprint density at radius 3 is 2.25 bits per heavy atom. The van der Waals surface area contributed by atoms with E-state index in [9.17, 15) is 14.7 Å². The van der Waals surface area contributed by atoms with Gasteiger partial charge < -0.3 is 20.4 Å². The number of Topliss-reactive ketones (excluding diaryl/α,β-unsaturated/α-hetero) is 1. The van der Waals surface area contributed by atoms with Crippen LogP contribution in [-0.2, 0) is 9.59 Å². The number of likely N-dealkylation sites (tertiary alicyclic amines) is 1. The number of nitrogens with zero attached hydrogens (tertiary/aromatic N) is 1. The molecule has 1 amide bonds. The number of amides is 1. The molecule has 28 heavy (non-hydrogen) atoms. The van der Waals surface area contributed by atoms with E-state index >= 15 is 0 Å². The zero-order valence-corrected chi connectivity index (χ0v) is 15.5. The van der Waals surface area contributed by atoms with Gasteiger partial charge in [0.1, 0.15) is 5.76 Å². The third-order valence-corrected chi connectivity index (χ3v) is 4.74. The van der Waals surface area contributed by atoms with Crippen LogP contribution in [0.5, 0.6) is 0 Å². The van der Waals surface area contributed by atoms with Crippen molar-refractivity contribution < 1.29 is 19.8 Å². The van der Waals surface area contributed by atoms with Gasteiger partial charge in [-0.25, -0.2) is 0 Å². The maximum atomic E-state index is 12.8. The summed E-state index contributed by atoms with van der Waals surface area (Å²) in [5.74, 6) is -1.43. The average Bonchev–Trinajstić information content (AvgIpc) is 2.99. The molecule has 0 saturated carbocycles. The van der Waals surface area contributed by atoms with Crippen molar-refractivity contribution in [1.29, 1.82) is 0 Å². The molecule has 0 spiro atoms. The Morgan fingerprint density at radius 2 is 1.61 bits per heavy atom. The number of aliphatic hydroxyl groups is 2. The fourth-order valence-corrected chi connectivity index (χ4v) is 3.42. The van der Waals surface area contributed by atoms with Gasteiger partial charge in [0.2, 0.25) is 0 Å². The van der Waals surface area contributed by atoms with Gasteiger partial charge in [0.05, 0.1) is 18.2 Å². The first-order chi connectivity index (χ1) is 13.6. The number of carbonyl (C=O) groups excluding carboxylic acids is 2. The van der Waals surface area contributed by atoms with E-state index in [1.807, 2.05) is 36.4 Å². The summed E-state index contributed by atoms with van der Waals surface area (Å²) in [5.41, 5.74) is 1.40. The molecule has 3 N–H and O–H groups in total. The van der Waals surface area contributed by atoms with Gasteiger partial charge in [-0.15, -0.1) is 0 Å². The van der Waals surface area contributed by atoms with Crippen molar-refractivity contribution in [3.63, 3.8) is 0 Å². The molecule has 3 rings (SSSR count). The maximum Gasteiger partial charge on any atom is 0.295 e. The van der Waals surface area contributed by atoms with Crippen LogP contribution in [-0.4, -0.2) is 53.0 Å². The van der Waals surface area contributed by atoms with E-state index in [1.165, 1.54) is 4.90 Å². The fraction of sp³-hybridized carbons (Fsp3) is 0.273. The summed E-state index contributed by atoms with van der Waals surface area (Å²) in [7, 11) is 0. The fourth-order valence-electron chi connectivity index (χ4n) is 3.42. The van der Waals surface area contributed by atoms with E-state index in [1.54, 1.807) is 24.3 Å². The summed E-state index contributed by atoms with van der Waals surface area (Å²) in [6, 6.07) is 17.4. The van der Waals surface area contributed by atoms with Crippen molar-refractivity contribution >= 4 is 17.4 Å². The number of rotatable bonds is 8. The molecule has 6 nitrogen and oxygen atoms in total. The predicted octanol–water partition coefficient (Wildman–Crippen LogP) is 2.08. The Bertz CT molecular complexity index is 849. The lowest BCUT2D eigenvalue weighted by atomic mass is 9.95. The van der Waals surface area contributed by atoms with Crippen molar-refractivity contribution in [2.24, 2.45) is 0 Å². The molecule has 1 aliphatic heterocycles. The third kappa shape index (κ3) is 4.13. The zero-order chi connectivity index (χ0) is 19.9. The van der Waals surface area contributed by atoms with Crippen molar-refractivity contribution in [1.82, 2.24) is 10.2 Å². The van der Waals surface area contributed by atoms with Gasteiger partial charge in [-0.3, -0.25) is 9.59 Å². The van der Waals surface area contributed by atoms with Crippen LogP contribution >= 0.6 is 0 Å². The smallest absolute Gasteiger partial charge is 0.295 e. The van der Waals surface area contributed by atoms with E-state index in [0.717, 1.165) is 5.56 Å².